The van der Waals surface area contributed by atoms with Crippen LogP contribution in [0.3, 0.4) is 0 Å². The van der Waals surface area contributed by atoms with Gasteiger partial charge in [0.15, 0.2) is 0 Å². The molecule has 0 unspecified atom stereocenters. The van der Waals surface area contributed by atoms with Gasteiger partial charge >= 0.3 is 0 Å². The molecule has 1 N–H and O–H groups in total. The molecule has 0 aliphatic carbocycles. The second kappa shape index (κ2) is 9.13. The second-order valence-corrected chi connectivity index (χ2v) is 8.13. The van der Waals surface area contributed by atoms with Crippen molar-refractivity contribution in [3.8, 4) is 11.3 Å². The zero-order valence-electron chi connectivity index (χ0n) is 17.3. The fourth-order valence-electron chi connectivity index (χ4n) is 3.24. The molecule has 10 heteroatoms. The van der Waals surface area contributed by atoms with Crippen molar-refractivity contribution in [2.45, 2.75) is 6.92 Å². The summed E-state index contributed by atoms with van der Waals surface area (Å²) in [7, 11) is 0. The molecule has 1 fully saturated rings. The molecule has 9 nitrogen and oxygen atoms in total. The molecule has 4 rings (SSSR count). The highest BCUT2D eigenvalue weighted by Crippen LogP contribution is 2.34. The largest absolute Gasteiger partial charge is 0.457 e. The zero-order chi connectivity index (χ0) is 23.5. The van der Waals surface area contributed by atoms with Crippen molar-refractivity contribution in [3.05, 3.63) is 87.0 Å². The van der Waals surface area contributed by atoms with E-state index in [1.165, 1.54) is 18.2 Å². The fraction of sp³-hybridized carbons (Fsp3) is 0.0870. The van der Waals surface area contributed by atoms with Crippen molar-refractivity contribution in [1.82, 2.24) is 4.90 Å². The Labute approximate surface area is 192 Å². The molecule has 166 valence electrons. The number of anilines is 1. The minimum atomic E-state index is -0.585. The van der Waals surface area contributed by atoms with Crippen LogP contribution in [0.4, 0.5) is 16.2 Å². The number of hydrogen-bond donors (Lipinski definition) is 1. The molecule has 3 aromatic rings. The average Bonchev–Trinajstić information content (AvgIpc) is 3.34. The third-order valence-corrected chi connectivity index (χ3v) is 5.73. The molecular formula is C23H17N3O6S. The standard InChI is InChI=1S/C23H17N3O6S/c1-14-11-16(26(30)31)7-9-18(14)19-10-8-17(32-19)12-20-22(28)25(23(29)33-20)13-21(27)24-15-5-3-2-4-6-15/h2-12H,13H2,1H3,(H,24,27)/b20-12-. The highest BCUT2D eigenvalue weighted by atomic mass is 32.2. The minimum Gasteiger partial charge on any atom is -0.457 e. The number of carbonyl (C=O) groups is 3. The van der Waals surface area contributed by atoms with Crippen LogP contribution in [0.15, 0.2) is 70.0 Å². The van der Waals surface area contributed by atoms with E-state index in [9.17, 15) is 24.5 Å². The number of nitrogens with one attached hydrogen (secondary N) is 1. The Balaban J connectivity index is 1.47. The number of imide groups is 1. The number of para-hydroxylation sites is 1. The summed E-state index contributed by atoms with van der Waals surface area (Å²) >= 11 is 0.722. The van der Waals surface area contributed by atoms with E-state index in [-0.39, 0.29) is 10.6 Å². The number of nitrogens with zero attached hydrogens (tertiary/aromatic N) is 2. The fourth-order valence-corrected chi connectivity index (χ4v) is 4.06. The summed E-state index contributed by atoms with van der Waals surface area (Å²) in [5.74, 6) is -0.270. The number of rotatable bonds is 6. The van der Waals surface area contributed by atoms with E-state index in [1.54, 1.807) is 55.5 Å². The number of carbonyl (C=O) groups excluding carboxylic acids is 3. The third-order valence-electron chi connectivity index (χ3n) is 4.82. The molecule has 2 aromatic carbocycles. The number of amides is 3. The van der Waals surface area contributed by atoms with E-state index in [0.717, 1.165) is 16.7 Å². The zero-order valence-corrected chi connectivity index (χ0v) is 18.1. The van der Waals surface area contributed by atoms with Gasteiger partial charge in [-0.05, 0) is 54.6 Å². The molecule has 0 radical (unpaired) electrons. The number of benzene rings is 2. The van der Waals surface area contributed by atoms with Crippen LogP contribution < -0.4 is 5.32 Å². The first-order valence-electron chi connectivity index (χ1n) is 9.77. The Kier molecular flexibility index (Phi) is 6.09. The first kappa shape index (κ1) is 22.0. The SMILES string of the molecule is Cc1cc([N+](=O)[O-])ccc1-c1ccc(/C=C2\SC(=O)N(CC(=O)Nc3ccccc3)C2=O)o1. The van der Waals surface area contributed by atoms with Crippen molar-refractivity contribution < 1.29 is 23.7 Å². The number of non-ortho nitro benzene ring substituents is 1. The van der Waals surface area contributed by atoms with Gasteiger partial charge in [0, 0.05) is 29.5 Å². The Bertz CT molecular complexity index is 1300. The molecule has 3 amide bonds. The number of aryl methyl sites for hydroxylation is 1. The minimum absolute atomic E-state index is 0.0204. The summed E-state index contributed by atoms with van der Waals surface area (Å²) in [6, 6.07) is 16.5. The summed E-state index contributed by atoms with van der Waals surface area (Å²) in [6.07, 6.45) is 1.43. The number of nitro benzene ring substituents is 1. The van der Waals surface area contributed by atoms with Gasteiger partial charge in [-0.3, -0.25) is 29.4 Å². The topological polar surface area (TPSA) is 123 Å². The summed E-state index contributed by atoms with van der Waals surface area (Å²) < 4.78 is 5.77. The van der Waals surface area contributed by atoms with Crippen LogP contribution in [0, 0.1) is 17.0 Å². The van der Waals surface area contributed by atoms with E-state index in [4.69, 9.17) is 4.42 Å². The van der Waals surface area contributed by atoms with Crippen LogP contribution >= 0.6 is 11.8 Å². The maximum absolute atomic E-state index is 12.7. The Hall–Kier alpha value is -4.18. The molecule has 1 aliphatic heterocycles. The van der Waals surface area contributed by atoms with Crippen molar-refractivity contribution in [2.24, 2.45) is 0 Å². The molecule has 0 bridgehead atoms. The van der Waals surface area contributed by atoms with Crippen molar-refractivity contribution in [1.29, 1.82) is 0 Å². The van der Waals surface area contributed by atoms with Crippen LogP contribution in [0.1, 0.15) is 11.3 Å². The summed E-state index contributed by atoms with van der Waals surface area (Å²) in [4.78, 5) is 48.7. The van der Waals surface area contributed by atoms with Crippen LogP contribution in [0.5, 0.6) is 0 Å². The van der Waals surface area contributed by atoms with E-state index >= 15 is 0 Å². The second-order valence-electron chi connectivity index (χ2n) is 7.14. The van der Waals surface area contributed by atoms with Crippen LogP contribution in [0.2, 0.25) is 0 Å². The Morgan fingerprint density at radius 1 is 1.15 bits per heavy atom. The number of thioether (sulfide) groups is 1. The van der Waals surface area contributed by atoms with Gasteiger partial charge in [0.25, 0.3) is 16.8 Å². The molecule has 1 saturated heterocycles. The number of furan rings is 1. The number of hydrogen-bond acceptors (Lipinski definition) is 7. The van der Waals surface area contributed by atoms with Gasteiger partial charge < -0.3 is 9.73 Å². The Morgan fingerprint density at radius 3 is 2.61 bits per heavy atom. The average molecular weight is 463 g/mol. The van der Waals surface area contributed by atoms with E-state index < -0.39 is 28.5 Å². The van der Waals surface area contributed by atoms with Gasteiger partial charge in [0.05, 0.1) is 9.83 Å². The molecular weight excluding hydrogens is 446 g/mol. The van der Waals surface area contributed by atoms with Gasteiger partial charge in [0.2, 0.25) is 5.91 Å². The monoisotopic (exact) mass is 463 g/mol. The van der Waals surface area contributed by atoms with Crippen LogP contribution in [-0.4, -0.2) is 33.4 Å². The third kappa shape index (κ3) is 4.85. The smallest absolute Gasteiger partial charge is 0.294 e. The van der Waals surface area contributed by atoms with Gasteiger partial charge in [-0.1, -0.05) is 18.2 Å². The lowest BCUT2D eigenvalue weighted by molar-refractivity contribution is -0.384. The molecule has 2 heterocycles. The molecule has 1 aromatic heterocycles. The lowest BCUT2D eigenvalue weighted by Crippen LogP contribution is -2.36. The lowest BCUT2D eigenvalue weighted by Gasteiger charge is -2.12. The quantitative estimate of drug-likeness (QED) is 0.315. The summed E-state index contributed by atoms with van der Waals surface area (Å²) in [5.41, 5.74) is 1.88. The van der Waals surface area contributed by atoms with Crippen LogP contribution in [-0.2, 0) is 9.59 Å². The Morgan fingerprint density at radius 2 is 1.91 bits per heavy atom. The maximum Gasteiger partial charge on any atom is 0.294 e. The molecule has 0 atom stereocenters. The predicted octanol–water partition coefficient (Wildman–Crippen LogP) is 4.84. The van der Waals surface area contributed by atoms with Crippen molar-refractivity contribution in [2.75, 3.05) is 11.9 Å². The lowest BCUT2D eigenvalue weighted by atomic mass is 10.1. The molecule has 1 aliphatic rings. The van der Waals surface area contributed by atoms with Crippen molar-refractivity contribution >= 4 is 46.3 Å². The normalized spacial score (nSPS) is 14.7. The molecule has 0 saturated carbocycles. The first-order chi connectivity index (χ1) is 15.8. The van der Waals surface area contributed by atoms with Gasteiger partial charge in [-0.15, -0.1) is 0 Å². The van der Waals surface area contributed by atoms with Gasteiger partial charge in [0.1, 0.15) is 18.1 Å². The highest BCUT2D eigenvalue weighted by Gasteiger charge is 2.36. The molecule has 0 spiro atoms. The van der Waals surface area contributed by atoms with Gasteiger partial charge in [-0.2, -0.15) is 0 Å². The van der Waals surface area contributed by atoms with E-state index in [0.29, 0.717) is 28.3 Å². The highest BCUT2D eigenvalue weighted by molar-refractivity contribution is 8.18. The molecule has 33 heavy (non-hydrogen) atoms. The summed E-state index contributed by atoms with van der Waals surface area (Å²) in [5, 5.41) is 13.0. The van der Waals surface area contributed by atoms with Gasteiger partial charge in [-0.25, -0.2) is 0 Å². The van der Waals surface area contributed by atoms with E-state index in [1.807, 2.05) is 0 Å². The van der Waals surface area contributed by atoms with Crippen LogP contribution in [0.25, 0.3) is 17.4 Å². The predicted molar refractivity (Wildman–Crippen MR) is 123 cm³/mol. The summed E-state index contributed by atoms with van der Waals surface area (Å²) in [6.45, 7) is 1.33. The first-order valence-corrected chi connectivity index (χ1v) is 10.6. The maximum atomic E-state index is 12.7. The number of nitro groups is 1. The van der Waals surface area contributed by atoms with E-state index in [2.05, 4.69) is 5.32 Å². The van der Waals surface area contributed by atoms with Crippen molar-refractivity contribution in [3.63, 3.8) is 0 Å².